The van der Waals surface area contributed by atoms with Gasteiger partial charge in [0.05, 0.1) is 0 Å². The summed E-state index contributed by atoms with van der Waals surface area (Å²) in [6.45, 7) is 9.31. The van der Waals surface area contributed by atoms with Gasteiger partial charge in [0.2, 0.25) is 0 Å². The Bertz CT molecular complexity index is 1140. The molecule has 1 aliphatic heterocycles. The zero-order valence-electron chi connectivity index (χ0n) is 23.9. The Balaban J connectivity index is 0.000000174. The summed E-state index contributed by atoms with van der Waals surface area (Å²) in [5.41, 5.74) is 4.17. The zero-order chi connectivity index (χ0) is 29.1. The van der Waals surface area contributed by atoms with Gasteiger partial charge in [-0.3, -0.25) is 9.97 Å². The van der Waals surface area contributed by atoms with Crippen molar-refractivity contribution in [2.45, 2.75) is 45.6 Å². The first-order chi connectivity index (χ1) is 20.0. The van der Waals surface area contributed by atoms with Gasteiger partial charge in [-0.05, 0) is 87.7 Å². The molecule has 0 bridgehead atoms. The molecule has 1 fully saturated rings. The molecule has 4 nitrogen and oxygen atoms in total. The molecule has 220 valence electrons. The van der Waals surface area contributed by atoms with Crippen molar-refractivity contribution in [2.24, 2.45) is 5.92 Å². The van der Waals surface area contributed by atoms with Gasteiger partial charge >= 0.3 is 73.4 Å². The average molecular weight is 678 g/mol. The molecule has 1 saturated heterocycles. The van der Waals surface area contributed by atoms with Crippen LogP contribution in [-0.2, 0) is 13.5 Å². The van der Waals surface area contributed by atoms with Crippen LogP contribution in [0.25, 0.3) is 0 Å². The van der Waals surface area contributed by atoms with E-state index in [1.807, 2.05) is 71.3 Å². The van der Waals surface area contributed by atoms with Gasteiger partial charge < -0.3 is 9.80 Å². The summed E-state index contributed by atoms with van der Waals surface area (Å²) >= 11 is -1.61. The maximum Gasteiger partial charge on any atom is 0.0267 e. The van der Waals surface area contributed by atoms with Crippen LogP contribution in [0.2, 0.25) is 0 Å². The minimum Gasteiger partial charge on any atom is -0.265 e. The molecule has 7 heteroatoms. The van der Waals surface area contributed by atoms with Gasteiger partial charge in [0.15, 0.2) is 0 Å². The third-order valence-electron chi connectivity index (χ3n) is 6.82. The maximum absolute atomic E-state index is 5.67. The van der Waals surface area contributed by atoms with Crippen LogP contribution in [0, 0.1) is 12.6 Å². The van der Waals surface area contributed by atoms with Gasteiger partial charge in [0.25, 0.3) is 0 Å². The second-order valence-electron chi connectivity index (χ2n) is 9.86. The Morgan fingerprint density at radius 3 is 2.05 bits per heavy atom. The predicted octanol–water partition coefficient (Wildman–Crippen LogP) is 8.63. The minimum atomic E-state index is -1.61. The fourth-order valence-electron chi connectivity index (χ4n) is 4.73. The van der Waals surface area contributed by atoms with Gasteiger partial charge in [-0.1, -0.05) is 42.9 Å². The van der Waals surface area contributed by atoms with E-state index in [0.29, 0.717) is 12.0 Å². The zero-order valence-corrected chi connectivity index (χ0v) is 27.2. The van der Waals surface area contributed by atoms with Crippen LogP contribution in [-0.4, -0.2) is 43.5 Å². The molecule has 0 radical (unpaired) electrons. The Kier molecular flexibility index (Phi) is 15.9. The molecule has 3 aromatic rings. The fourth-order valence-corrected chi connectivity index (χ4v) is 6.56. The first kappa shape index (κ1) is 33.1. The second kappa shape index (κ2) is 19.7. The molecule has 0 N–H and O–H groups in total. The molecular formula is C34H41Cl2N4Ru-. The molecule has 0 saturated carbocycles. The van der Waals surface area contributed by atoms with Crippen LogP contribution >= 0.6 is 19.4 Å². The van der Waals surface area contributed by atoms with Crippen molar-refractivity contribution in [2.75, 3.05) is 13.1 Å². The van der Waals surface area contributed by atoms with Crippen molar-refractivity contribution in [3.8, 4) is 0 Å². The monoisotopic (exact) mass is 677 g/mol. The van der Waals surface area contributed by atoms with Crippen LogP contribution in [0.4, 0.5) is 0 Å². The number of benzene rings is 1. The molecule has 0 unspecified atom stereocenters. The number of allylic oxidation sites excluding steroid dienone is 5. The maximum atomic E-state index is 5.67. The minimum absolute atomic E-state index is 0.647. The van der Waals surface area contributed by atoms with Crippen molar-refractivity contribution >= 4 is 24.0 Å². The third-order valence-corrected chi connectivity index (χ3v) is 8.69. The molecule has 0 spiro atoms. The Labute approximate surface area is 259 Å². The standard InChI is InChI=1S/C17H25N2.C7H6.2C5H5N.2ClH.Ru/c1-14-7-3-5-9-16(14)18-11-12-19(13-18)17-10-6-4-8-15(17)2;1-7-5-3-2-4-6-7;2*1-2-4-6-5-3-1;;;/h3,5,8-9,13-14,17H,4,6-7,10-12H2,1-2H3;1-6H;2*1-5H;2*1H;/q-1;;;;;;+2/p-2/t14-,17+;;;;;;/m0....../s1. The Morgan fingerprint density at radius 1 is 0.902 bits per heavy atom. The third kappa shape index (κ3) is 13.0. The van der Waals surface area contributed by atoms with E-state index in [0.717, 1.165) is 12.1 Å². The van der Waals surface area contributed by atoms with E-state index < -0.39 is 13.5 Å². The van der Waals surface area contributed by atoms with Crippen molar-refractivity contribution in [3.63, 3.8) is 0 Å². The van der Waals surface area contributed by atoms with E-state index in [2.05, 4.69) is 64.6 Å². The number of nitrogens with zero attached hydrogens (tertiary/aromatic N) is 4. The number of pyridine rings is 2. The van der Waals surface area contributed by atoms with E-state index >= 15 is 0 Å². The van der Waals surface area contributed by atoms with E-state index in [9.17, 15) is 0 Å². The Hall–Kier alpha value is -2.43. The summed E-state index contributed by atoms with van der Waals surface area (Å²) in [6, 6.07) is 22.0. The molecular weight excluding hydrogens is 636 g/mol. The Morgan fingerprint density at radius 2 is 1.54 bits per heavy atom. The number of rotatable bonds is 3. The van der Waals surface area contributed by atoms with Crippen LogP contribution in [0.1, 0.15) is 45.1 Å². The first-order valence-electron chi connectivity index (χ1n) is 14.0. The van der Waals surface area contributed by atoms with Gasteiger partial charge in [0.1, 0.15) is 0 Å². The molecule has 2 atom stereocenters. The molecule has 41 heavy (non-hydrogen) atoms. The van der Waals surface area contributed by atoms with E-state index in [1.54, 1.807) is 30.4 Å². The van der Waals surface area contributed by atoms with E-state index in [-0.39, 0.29) is 0 Å². The predicted molar refractivity (Wildman–Crippen MR) is 172 cm³/mol. The molecule has 1 aromatic carbocycles. The van der Waals surface area contributed by atoms with Gasteiger partial charge in [-0.15, -0.1) is 0 Å². The molecule has 2 aliphatic carbocycles. The first-order valence-corrected chi connectivity index (χ1v) is 19.5. The second-order valence-corrected chi connectivity index (χ2v) is 15.6. The van der Waals surface area contributed by atoms with Gasteiger partial charge in [-0.25, -0.2) is 0 Å². The molecule has 3 aliphatic rings. The van der Waals surface area contributed by atoms with Crippen LogP contribution in [0.15, 0.2) is 127 Å². The normalized spacial score (nSPS) is 20.0. The van der Waals surface area contributed by atoms with Crippen LogP contribution in [0.3, 0.4) is 0 Å². The molecule has 2 aromatic heterocycles. The number of aromatic nitrogens is 2. The van der Waals surface area contributed by atoms with Crippen molar-refractivity contribution in [3.05, 3.63) is 139 Å². The summed E-state index contributed by atoms with van der Waals surface area (Å²) in [7, 11) is 11.3. The summed E-state index contributed by atoms with van der Waals surface area (Å²) < 4.78 is 1.92. The topological polar surface area (TPSA) is 32.3 Å². The average Bonchev–Trinajstić information content (AvgIpc) is 3.50. The smallest absolute Gasteiger partial charge is 0.0267 e. The summed E-state index contributed by atoms with van der Waals surface area (Å²) in [5, 5.41) is 0. The van der Waals surface area contributed by atoms with Gasteiger partial charge in [-0.2, -0.15) is 6.67 Å². The number of hydrogen-bond donors (Lipinski definition) is 0. The number of halogens is 2. The summed E-state index contributed by atoms with van der Waals surface area (Å²) in [6.07, 6.45) is 21.3. The van der Waals surface area contributed by atoms with Crippen molar-refractivity contribution in [1.82, 2.24) is 19.8 Å². The van der Waals surface area contributed by atoms with Crippen molar-refractivity contribution in [1.29, 1.82) is 0 Å². The molecule has 6 rings (SSSR count). The van der Waals surface area contributed by atoms with Crippen molar-refractivity contribution < 1.29 is 13.5 Å². The molecule has 3 heterocycles. The van der Waals surface area contributed by atoms with Crippen LogP contribution in [0.5, 0.6) is 0 Å². The molecule has 0 amide bonds. The van der Waals surface area contributed by atoms with Gasteiger partial charge in [0, 0.05) is 30.8 Å². The fraction of sp³-hybridized carbons (Fsp3) is 0.294. The summed E-state index contributed by atoms with van der Waals surface area (Å²) in [5.74, 6) is 0.657. The van der Waals surface area contributed by atoms with E-state index in [1.165, 1.54) is 37.9 Å². The summed E-state index contributed by atoms with van der Waals surface area (Å²) in [4.78, 5) is 12.6. The largest absolute Gasteiger partial charge is 0.265 e. The number of hydrogen-bond acceptors (Lipinski definition) is 4. The van der Waals surface area contributed by atoms with E-state index in [4.69, 9.17) is 19.4 Å². The quantitative estimate of drug-likeness (QED) is 0.158. The SMILES string of the molecule is CC1=CCCC[C@H]1N1[CH-]N(C2=CC=CC[C@@H]2C)CC1.[Cl][Ru]([Cl])=[CH]c1ccccc1.c1ccncc1.c1ccncc1. The van der Waals surface area contributed by atoms with Crippen LogP contribution < -0.4 is 0 Å².